The third kappa shape index (κ3) is 4.96. The fourth-order valence-electron chi connectivity index (χ4n) is 3.35. The van der Waals surface area contributed by atoms with E-state index >= 15 is 0 Å². The Bertz CT molecular complexity index is 1100. The van der Waals surface area contributed by atoms with Gasteiger partial charge in [0.1, 0.15) is 12.4 Å². The number of aromatic nitrogens is 2. The van der Waals surface area contributed by atoms with Gasteiger partial charge >= 0.3 is 0 Å². The minimum Gasteiger partial charge on any atom is -0.396 e. The number of amides is 1. The molecular formula is C23H24ClN3O3. The molecule has 0 unspecified atom stereocenters. The molecule has 7 heteroatoms. The number of nitrogens with zero attached hydrogens (tertiary/aromatic N) is 2. The molecule has 0 radical (unpaired) electrons. The highest BCUT2D eigenvalue weighted by molar-refractivity contribution is 6.30. The van der Waals surface area contributed by atoms with Crippen molar-refractivity contribution < 1.29 is 9.90 Å². The normalized spacial score (nSPS) is 11.9. The summed E-state index contributed by atoms with van der Waals surface area (Å²) in [6, 6.07) is 16.4. The Balaban J connectivity index is 1.98. The van der Waals surface area contributed by atoms with Crippen LogP contribution < -0.4 is 10.9 Å². The van der Waals surface area contributed by atoms with E-state index in [1.165, 1.54) is 4.57 Å². The molecular weight excluding hydrogens is 402 g/mol. The Morgan fingerprint density at radius 2 is 1.93 bits per heavy atom. The topological polar surface area (TPSA) is 84.2 Å². The largest absolute Gasteiger partial charge is 0.396 e. The molecule has 2 N–H and O–H groups in total. The number of aryl methyl sites for hydroxylation is 1. The maximum absolute atomic E-state index is 13.1. The van der Waals surface area contributed by atoms with Gasteiger partial charge in [-0.3, -0.25) is 14.2 Å². The fourth-order valence-corrected chi connectivity index (χ4v) is 3.54. The van der Waals surface area contributed by atoms with Crippen LogP contribution in [0.25, 0.3) is 11.4 Å². The lowest BCUT2D eigenvalue weighted by Crippen LogP contribution is -2.36. The third-order valence-electron chi connectivity index (χ3n) is 4.89. The van der Waals surface area contributed by atoms with Gasteiger partial charge in [0.2, 0.25) is 5.91 Å². The summed E-state index contributed by atoms with van der Waals surface area (Å²) in [5.41, 5.74) is 2.19. The van der Waals surface area contributed by atoms with Crippen LogP contribution in [-0.2, 0) is 17.8 Å². The summed E-state index contributed by atoms with van der Waals surface area (Å²) in [5, 5.41) is 12.8. The fraction of sp³-hybridized carbons (Fsp3) is 0.261. The molecule has 6 nitrogen and oxygen atoms in total. The number of rotatable bonds is 7. The number of carbonyl (C=O) groups is 1. The lowest BCUT2D eigenvalue weighted by atomic mass is 10.1. The van der Waals surface area contributed by atoms with Gasteiger partial charge in [-0.2, -0.15) is 0 Å². The summed E-state index contributed by atoms with van der Waals surface area (Å²) < 4.78 is 1.34. The molecule has 3 rings (SSSR count). The Morgan fingerprint density at radius 3 is 2.60 bits per heavy atom. The van der Waals surface area contributed by atoms with Crippen molar-refractivity contribution in [2.24, 2.45) is 0 Å². The number of carbonyl (C=O) groups excluding carboxylic acids is 1. The molecule has 1 atom stereocenters. The maximum Gasteiger partial charge on any atom is 0.257 e. The van der Waals surface area contributed by atoms with E-state index in [9.17, 15) is 14.7 Å². The van der Waals surface area contributed by atoms with Crippen molar-refractivity contribution in [1.82, 2.24) is 14.9 Å². The van der Waals surface area contributed by atoms with E-state index in [0.29, 0.717) is 27.7 Å². The Hall–Kier alpha value is -2.96. The molecule has 1 heterocycles. The molecule has 0 aliphatic carbocycles. The minimum atomic E-state index is -0.339. The Morgan fingerprint density at radius 1 is 1.20 bits per heavy atom. The summed E-state index contributed by atoms with van der Waals surface area (Å²) in [6.45, 7) is 3.25. The average Bonchev–Trinajstić information content (AvgIpc) is 2.73. The molecule has 3 aromatic rings. The second-order valence-corrected chi connectivity index (χ2v) is 7.51. The van der Waals surface area contributed by atoms with Gasteiger partial charge in [0, 0.05) is 34.9 Å². The third-order valence-corrected chi connectivity index (χ3v) is 5.13. The number of hydrogen-bond acceptors (Lipinski definition) is 4. The molecule has 156 valence electrons. The van der Waals surface area contributed by atoms with Crippen molar-refractivity contribution >= 4 is 17.5 Å². The van der Waals surface area contributed by atoms with Crippen LogP contribution in [0.4, 0.5) is 0 Å². The summed E-state index contributed by atoms with van der Waals surface area (Å²) in [7, 11) is 0. The smallest absolute Gasteiger partial charge is 0.257 e. The highest BCUT2D eigenvalue weighted by atomic mass is 35.5. The van der Waals surface area contributed by atoms with Crippen LogP contribution in [0.1, 0.15) is 29.8 Å². The van der Waals surface area contributed by atoms with E-state index in [1.54, 1.807) is 31.2 Å². The van der Waals surface area contributed by atoms with E-state index < -0.39 is 0 Å². The first-order valence-corrected chi connectivity index (χ1v) is 10.1. The number of halogens is 1. The molecule has 1 aromatic heterocycles. The standard InChI is InChI=1S/C23H24ClN3O3/c1-15(17-7-4-3-5-8-17)25-21(29)14-27-22(18-9-6-10-19(24)13-18)26-16(2)20(11-12-28)23(27)30/h3-10,13,15,28H,11-12,14H2,1-2H3,(H,25,29)/t15-/m0/s1. The van der Waals surface area contributed by atoms with Crippen molar-refractivity contribution in [3.63, 3.8) is 0 Å². The molecule has 0 saturated heterocycles. The van der Waals surface area contributed by atoms with Gasteiger partial charge in [-0.15, -0.1) is 0 Å². The Labute approximate surface area is 180 Å². The number of benzene rings is 2. The molecule has 0 spiro atoms. The summed E-state index contributed by atoms with van der Waals surface area (Å²) >= 11 is 6.12. The molecule has 30 heavy (non-hydrogen) atoms. The second kappa shape index (κ2) is 9.69. The number of aliphatic hydroxyl groups excluding tert-OH is 1. The van der Waals surface area contributed by atoms with E-state index in [4.69, 9.17) is 11.6 Å². The summed E-state index contributed by atoms with van der Waals surface area (Å²) in [6.07, 6.45) is 0.176. The van der Waals surface area contributed by atoms with Crippen molar-refractivity contribution in [1.29, 1.82) is 0 Å². The zero-order chi connectivity index (χ0) is 21.7. The van der Waals surface area contributed by atoms with Crippen molar-refractivity contribution in [3.05, 3.63) is 86.8 Å². The molecule has 0 fully saturated rings. The average molecular weight is 426 g/mol. The van der Waals surface area contributed by atoms with Crippen molar-refractivity contribution in [3.8, 4) is 11.4 Å². The molecule has 0 aliphatic heterocycles. The van der Waals surface area contributed by atoms with E-state index in [2.05, 4.69) is 10.3 Å². The van der Waals surface area contributed by atoms with Crippen LogP contribution in [0.5, 0.6) is 0 Å². The Kier molecular flexibility index (Phi) is 7.03. The van der Waals surface area contributed by atoms with Gasteiger partial charge in [0.15, 0.2) is 0 Å². The number of nitrogens with one attached hydrogen (secondary N) is 1. The molecule has 1 amide bonds. The zero-order valence-corrected chi connectivity index (χ0v) is 17.7. The monoisotopic (exact) mass is 425 g/mol. The first kappa shape index (κ1) is 21.7. The summed E-state index contributed by atoms with van der Waals surface area (Å²) in [4.78, 5) is 30.5. The lowest BCUT2D eigenvalue weighted by Gasteiger charge is -2.18. The first-order chi connectivity index (χ1) is 14.4. The van der Waals surface area contributed by atoms with Crippen LogP contribution in [0.15, 0.2) is 59.4 Å². The van der Waals surface area contributed by atoms with E-state index in [1.807, 2.05) is 37.3 Å². The first-order valence-electron chi connectivity index (χ1n) is 9.72. The SMILES string of the molecule is Cc1nc(-c2cccc(Cl)c2)n(CC(=O)N[C@@H](C)c2ccccc2)c(=O)c1CCO. The summed E-state index contributed by atoms with van der Waals surface area (Å²) in [5.74, 6) is 0.0570. The molecule has 0 bridgehead atoms. The van der Waals surface area contributed by atoms with Gasteiger partial charge in [0.25, 0.3) is 5.56 Å². The van der Waals surface area contributed by atoms with Crippen LogP contribution in [-0.4, -0.2) is 27.2 Å². The quantitative estimate of drug-likeness (QED) is 0.608. The van der Waals surface area contributed by atoms with Gasteiger partial charge < -0.3 is 10.4 Å². The lowest BCUT2D eigenvalue weighted by molar-refractivity contribution is -0.122. The van der Waals surface area contributed by atoms with Gasteiger partial charge in [-0.05, 0) is 31.5 Å². The predicted octanol–water partition coefficient (Wildman–Crippen LogP) is 3.28. The zero-order valence-electron chi connectivity index (χ0n) is 16.9. The van der Waals surface area contributed by atoms with E-state index in [-0.39, 0.29) is 37.1 Å². The predicted molar refractivity (Wildman–Crippen MR) is 117 cm³/mol. The van der Waals surface area contributed by atoms with Crippen LogP contribution in [0, 0.1) is 6.92 Å². The molecule has 2 aromatic carbocycles. The van der Waals surface area contributed by atoms with Crippen molar-refractivity contribution in [2.45, 2.75) is 32.9 Å². The highest BCUT2D eigenvalue weighted by Crippen LogP contribution is 2.21. The van der Waals surface area contributed by atoms with Gasteiger partial charge in [-0.25, -0.2) is 4.98 Å². The van der Waals surface area contributed by atoms with Gasteiger partial charge in [0.05, 0.1) is 6.04 Å². The van der Waals surface area contributed by atoms with E-state index in [0.717, 1.165) is 5.56 Å². The van der Waals surface area contributed by atoms with Crippen LogP contribution in [0.3, 0.4) is 0 Å². The minimum absolute atomic E-state index is 0.175. The highest BCUT2D eigenvalue weighted by Gasteiger charge is 2.19. The van der Waals surface area contributed by atoms with Crippen molar-refractivity contribution in [2.75, 3.05) is 6.61 Å². The molecule has 0 aliphatic rings. The number of aliphatic hydroxyl groups is 1. The van der Waals surface area contributed by atoms with Crippen LogP contribution in [0.2, 0.25) is 5.02 Å². The van der Waals surface area contributed by atoms with Gasteiger partial charge in [-0.1, -0.05) is 54.1 Å². The van der Waals surface area contributed by atoms with Crippen LogP contribution >= 0.6 is 11.6 Å². The second-order valence-electron chi connectivity index (χ2n) is 7.07. The maximum atomic E-state index is 13.1. The number of hydrogen-bond donors (Lipinski definition) is 2. The molecule has 0 saturated carbocycles.